The number of hydrogen-bond acceptors (Lipinski definition) is 5. The second-order valence-electron chi connectivity index (χ2n) is 6.15. The first kappa shape index (κ1) is 19.9. The molecule has 0 bridgehead atoms. The molecular weight excluding hydrogens is 372 g/mol. The molecule has 8 nitrogen and oxygen atoms in total. The Kier molecular flexibility index (Phi) is 5.82. The largest absolute Gasteiger partial charge is 0.493 e. The van der Waals surface area contributed by atoms with E-state index >= 15 is 0 Å². The van der Waals surface area contributed by atoms with Crippen LogP contribution in [0.4, 0.5) is 0 Å². The molecule has 1 N–H and O–H groups in total. The highest BCUT2D eigenvalue weighted by Gasteiger charge is 2.15. The number of hydrogen-bond donors (Lipinski definition) is 1. The molecule has 0 saturated heterocycles. The van der Waals surface area contributed by atoms with Crippen LogP contribution in [0.25, 0.3) is 23.3 Å². The van der Waals surface area contributed by atoms with Crippen molar-refractivity contribution in [2.24, 2.45) is 0 Å². The Morgan fingerprint density at radius 3 is 2.38 bits per heavy atom. The zero-order valence-corrected chi connectivity index (χ0v) is 16.3. The minimum Gasteiger partial charge on any atom is -0.493 e. The molecule has 0 saturated carbocycles. The van der Waals surface area contributed by atoms with E-state index in [0.717, 1.165) is 10.1 Å². The van der Waals surface area contributed by atoms with Gasteiger partial charge in [0.25, 0.3) is 5.56 Å². The fourth-order valence-corrected chi connectivity index (χ4v) is 2.98. The summed E-state index contributed by atoms with van der Waals surface area (Å²) in [5.41, 5.74) is 0.496. The van der Waals surface area contributed by atoms with Gasteiger partial charge in [0, 0.05) is 13.1 Å². The zero-order chi connectivity index (χ0) is 21.0. The van der Waals surface area contributed by atoms with Gasteiger partial charge in [-0.15, -0.1) is 13.2 Å². The standard InChI is InChI=1S/C21H22N4O4/c1-5-11-24-19-18(20(26)25(12-6-2)21(24)27)22-17(23-19)10-8-14-7-9-15(28-3)16(13-14)29-4/h5-10,13H,1-2,11-12H2,3-4H3,(H,22,23). The molecule has 2 heterocycles. The minimum atomic E-state index is -0.454. The van der Waals surface area contributed by atoms with E-state index in [1.54, 1.807) is 32.4 Å². The molecule has 0 radical (unpaired) electrons. The molecule has 0 spiro atoms. The molecule has 3 aromatic rings. The SMILES string of the molecule is C=CCn1c(=O)c2[nH]c(C=Cc3ccc(OC)c(OC)c3)nc2n(CC=C)c1=O. The summed E-state index contributed by atoms with van der Waals surface area (Å²) < 4.78 is 13.0. The summed E-state index contributed by atoms with van der Waals surface area (Å²) in [7, 11) is 3.14. The van der Waals surface area contributed by atoms with Crippen molar-refractivity contribution < 1.29 is 9.47 Å². The molecule has 0 unspecified atom stereocenters. The third-order valence-corrected chi connectivity index (χ3v) is 4.34. The monoisotopic (exact) mass is 394 g/mol. The van der Waals surface area contributed by atoms with Crippen LogP contribution in [-0.4, -0.2) is 33.3 Å². The molecule has 29 heavy (non-hydrogen) atoms. The Hall–Kier alpha value is -3.81. The number of fused-ring (bicyclic) bond motifs is 1. The molecule has 150 valence electrons. The number of nitrogens with one attached hydrogen (secondary N) is 1. The van der Waals surface area contributed by atoms with E-state index in [2.05, 4.69) is 23.1 Å². The van der Waals surface area contributed by atoms with Crippen molar-refractivity contribution in [2.75, 3.05) is 14.2 Å². The third-order valence-electron chi connectivity index (χ3n) is 4.34. The maximum Gasteiger partial charge on any atom is 0.333 e. The van der Waals surface area contributed by atoms with Gasteiger partial charge in [-0.05, 0) is 23.8 Å². The van der Waals surface area contributed by atoms with Crippen LogP contribution in [-0.2, 0) is 13.1 Å². The second kappa shape index (κ2) is 8.47. The van der Waals surface area contributed by atoms with E-state index < -0.39 is 11.2 Å². The number of benzene rings is 1. The number of allylic oxidation sites excluding steroid dienone is 2. The summed E-state index contributed by atoms with van der Waals surface area (Å²) in [5, 5.41) is 0. The van der Waals surface area contributed by atoms with Crippen molar-refractivity contribution in [1.82, 2.24) is 19.1 Å². The Bertz CT molecular complexity index is 1210. The van der Waals surface area contributed by atoms with E-state index in [4.69, 9.17) is 9.47 Å². The highest BCUT2D eigenvalue weighted by atomic mass is 16.5. The lowest BCUT2D eigenvalue weighted by molar-refractivity contribution is 0.355. The summed E-state index contributed by atoms with van der Waals surface area (Å²) in [6.45, 7) is 7.62. The van der Waals surface area contributed by atoms with E-state index in [1.165, 1.54) is 10.6 Å². The van der Waals surface area contributed by atoms with Crippen LogP contribution in [0, 0.1) is 0 Å². The Labute approximate surface area is 167 Å². The van der Waals surface area contributed by atoms with Gasteiger partial charge in [-0.1, -0.05) is 24.3 Å². The van der Waals surface area contributed by atoms with Gasteiger partial charge in [-0.3, -0.25) is 13.9 Å². The molecule has 1 aromatic carbocycles. The van der Waals surface area contributed by atoms with Gasteiger partial charge in [0.05, 0.1) is 14.2 Å². The molecule has 0 atom stereocenters. The van der Waals surface area contributed by atoms with Gasteiger partial charge in [-0.2, -0.15) is 0 Å². The van der Waals surface area contributed by atoms with Gasteiger partial charge in [0.1, 0.15) is 11.3 Å². The Balaban J connectivity index is 2.09. The fourth-order valence-electron chi connectivity index (χ4n) is 2.98. The van der Waals surface area contributed by atoms with E-state index in [-0.39, 0.29) is 24.3 Å². The van der Waals surface area contributed by atoms with Gasteiger partial charge in [0.15, 0.2) is 17.1 Å². The number of ether oxygens (including phenoxy) is 2. The van der Waals surface area contributed by atoms with E-state index in [0.29, 0.717) is 17.3 Å². The van der Waals surface area contributed by atoms with Crippen LogP contribution in [0.1, 0.15) is 11.4 Å². The molecule has 3 rings (SSSR count). The summed E-state index contributed by atoms with van der Waals surface area (Å²) >= 11 is 0. The maximum absolute atomic E-state index is 12.7. The van der Waals surface area contributed by atoms with E-state index in [1.807, 2.05) is 18.2 Å². The number of H-pyrrole nitrogens is 1. The molecule has 0 aliphatic heterocycles. The predicted octanol–water partition coefficient (Wildman–Crippen LogP) is 2.45. The lowest BCUT2D eigenvalue weighted by atomic mass is 10.2. The van der Waals surface area contributed by atoms with Crippen molar-refractivity contribution in [3.05, 3.63) is 75.7 Å². The minimum absolute atomic E-state index is 0.112. The lowest BCUT2D eigenvalue weighted by Crippen LogP contribution is -2.39. The number of rotatable bonds is 8. The highest BCUT2D eigenvalue weighted by Crippen LogP contribution is 2.28. The van der Waals surface area contributed by atoms with Gasteiger partial charge < -0.3 is 14.5 Å². The van der Waals surface area contributed by atoms with E-state index in [9.17, 15) is 9.59 Å². The van der Waals surface area contributed by atoms with Gasteiger partial charge >= 0.3 is 5.69 Å². The number of nitrogens with zero attached hydrogens (tertiary/aromatic N) is 3. The lowest BCUT2D eigenvalue weighted by Gasteiger charge is -2.07. The zero-order valence-electron chi connectivity index (χ0n) is 16.3. The van der Waals surface area contributed by atoms with Crippen molar-refractivity contribution >= 4 is 23.3 Å². The summed E-state index contributed by atoms with van der Waals surface area (Å²) in [4.78, 5) is 32.7. The molecule has 0 aliphatic carbocycles. The first-order chi connectivity index (χ1) is 14.0. The molecule has 2 aromatic heterocycles. The van der Waals surface area contributed by atoms with Crippen LogP contribution < -0.4 is 20.7 Å². The summed E-state index contributed by atoms with van der Waals surface area (Å²) in [5.74, 6) is 1.68. The Morgan fingerprint density at radius 2 is 1.72 bits per heavy atom. The Morgan fingerprint density at radius 1 is 1.03 bits per heavy atom. The normalized spacial score (nSPS) is 11.1. The first-order valence-electron chi connectivity index (χ1n) is 8.89. The third kappa shape index (κ3) is 3.77. The van der Waals surface area contributed by atoms with Crippen molar-refractivity contribution in [3.63, 3.8) is 0 Å². The molecule has 0 fully saturated rings. The average Bonchev–Trinajstić information content (AvgIpc) is 3.16. The maximum atomic E-state index is 12.7. The van der Waals surface area contributed by atoms with Crippen molar-refractivity contribution in [3.8, 4) is 11.5 Å². The number of aromatic nitrogens is 4. The van der Waals surface area contributed by atoms with Crippen LogP contribution in [0.3, 0.4) is 0 Å². The highest BCUT2D eigenvalue weighted by molar-refractivity contribution is 5.76. The number of aromatic amines is 1. The van der Waals surface area contributed by atoms with Crippen molar-refractivity contribution in [1.29, 1.82) is 0 Å². The number of imidazole rings is 1. The van der Waals surface area contributed by atoms with Gasteiger partial charge in [-0.25, -0.2) is 9.78 Å². The van der Waals surface area contributed by atoms with Crippen molar-refractivity contribution in [2.45, 2.75) is 13.1 Å². The molecule has 8 heteroatoms. The molecular formula is C21H22N4O4. The molecule has 0 aliphatic rings. The topological polar surface area (TPSA) is 91.1 Å². The van der Waals surface area contributed by atoms with Crippen LogP contribution in [0.2, 0.25) is 0 Å². The smallest absolute Gasteiger partial charge is 0.333 e. The van der Waals surface area contributed by atoms with Crippen LogP contribution in [0.5, 0.6) is 11.5 Å². The number of methoxy groups -OCH3 is 2. The fraction of sp³-hybridized carbons (Fsp3) is 0.190. The quantitative estimate of drug-likeness (QED) is 0.593. The van der Waals surface area contributed by atoms with Crippen LogP contribution in [0.15, 0.2) is 53.1 Å². The summed E-state index contributed by atoms with van der Waals surface area (Å²) in [6.07, 6.45) is 6.62. The predicted molar refractivity (Wildman–Crippen MR) is 113 cm³/mol. The average molecular weight is 394 g/mol. The first-order valence-corrected chi connectivity index (χ1v) is 8.89. The van der Waals surface area contributed by atoms with Gasteiger partial charge in [0.2, 0.25) is 0 Å². The molecule has 0 amide bonds. The summed E-state index contributed by atoms with van der Waals surface area (Å²) in [6, 6.07) is 5.49. The van der Waals surface area contributed by atoms with Crippen LogP contribution >= 0.6 is 0 Å². The second-order valence-corrected chi connectivity index (χ2v) is 6.15.